The van der Waals surface area contributed by atoms with Crippen molar-refractivity contribution in [2.45, 2.75) is 23.5 Å². The summed E-state index contributed by atoms with van der Waals surface area (Å²) in [5.74, 6) is -0.235. The van der Waals surface area contributed by atoms with Crippen LogP contribution in [0.3, 0.4) is 0 Å². The third-order valence-corrected chi connectivity index (χ3v) is 9.30. The van der Waals surface area contributed by atoms with Crippen LogP contribution < -0.4 is 10.5 Å². The number of para-hydroxylation sites is 1. The molecule has 0 saturated heterocycles. The average Bonchev–Trinajstić information content (AvgIpc) is 2.99. The van der Waals surface area contributed by atoms with E-state index in [1.54, 1.807) is 24.3 Å². The van der Waals surface area contributed by atoms with Crippen LogP contribution in [0, 0.1) is 0 Å². The van der Waals surface area contributed by atoms with Crippen LogP contribution in [0.2, 0.25) is 5.02 Å². The number of nitrogens with one attached hydrogen (secondary N) is 1. The molecule has 13 heteroatoms. The molecule has 224 valence electrons. The average molecular weight is 734 g/mol. The number of esters is 2. The molecule has 0 spiro atoms. The molecular formula is C30H28Br2ClN5O5. The Hall–Kier alpha value is -3.61. The molecule has 0 saturated carbocycles. The van der Waals surface area contributed by atoms with E-state index in [0.717, 1.165) is 11.3 Å². The van der Waals surface area contributed by atoms with Crippen LogP contribution >= 0.6 is 43.5 Å². The third kappa shape index (κ3) is 8.94. The molecule has 2 atom stereocenters. The molecule has 0 aliphatic rings. The van der Waals surface area contributed by atoms with Crippen molar-refractivity contribution in [2.75, 3.05) is 31.2 Å². The van der Waals surface area contributed by atoms with Crippen molar-refractivity contribution in [3.05, 3.63) is 93.5 Å². The molecule has 0 fully saturated rings. The van der Waals surface area contributed by atoms with Crippen molar-refractivity contribution >= 4 is 83.4 Å². The van der Waals surface area contributed by atoms with Crippen LogP contribution in [0.5, 0.6) is 0 Å². The molecule has 0 amide bonds. The SMILES string of the molecule is CC(=O)OCCN(CCOC(C)=O)c1ccc(N=Nc2ccc(C(Br)C(Br)c3nc4ccccc4c(=O)[nH]3)cc2)c(Cl)c1. The van der Waals surface area contributed by atoms with Crippen molar-refractivity contribution < 1.29 is 19.1 Å². The van der Waals surface area contributed by atoms with Gasteiger partial charge in [-0.2, -0.15) is 5.11 Å². The number of azo groups is 1. The van der Waals surface area contributed by atoms with E-state index in [1.807, 2.05) is 47.4 Å². The van der Waals surface area contributed by atoms with Gasteiger partial charge in [0.15, 0.2) is 0 Å². The molecule has 10 nitrogen and oxygen atoms in total. The standard InChI is InChI=1S/C30H28Br2ClN5O5/c1-18(39)42-15-13-38(14-16-43-19(2)40)22-11-12-26(24(33)17-22)37-36-21-9-7-20(8-10-21)27(31)28(32)29-34-25-6-4-3-5-23(25)30(41)35-29/h3-12,17,27-28H,13-16H2,1-2H3,(H,34,35,41). The van der Waals surface area contributed by atoms with Gasteiger partial charge < -0.3 is 19.4 Å². The zero-order chi connectivity index (χ0) is 30.9. The van der Waals surface area contributed by atoms with Crippen LogP contribution in [0.4, 0.5) is 17.1 Å². The zero-order valence-electron chi connectivity index (χ0n) is 23.3. The summed E-state index contributed by atoms with van der Waals surface area (Å²) in [6, 6.07) is 20.0. The fourth-order valence-corrected chi connectivity index (χ4v) is 5.41. The van der Waals surface area contributed by atoms with Crippen molar-refractivity contribution in [1.82, 2.24) is 9.97 Å². The van der Waals surface area contributed by atoms with Gasteiger partial charge in [0, 0.05) is 19.5 Å². The number of nitrogens with zero attached hydrogens (tertiary/aromatic N) is 4. The number of carbonyl (C=O) groups excluding carboxylic acids is 2. The van der Waals surface area contributed by atoms with Gasteiger partial charge in [-0.15, -0.1) is 5.11 Å². The lowest BCUT2D eigenvalue weighted by molar-refractivity contribution is -0.141. The van der Waals surface area contributed by atoms with Crippen molar-refractivity contribution in [1.29, 1.82) is 0 Å². The van der Waals surface area contributed by atoms with Gasteiger partial charge in [0.2, 0.25) is 0 Å². The first-order valence-corrected chi connectivity index (χ1v) is 15.4. The second kappa shape index (κ2) is 15.2. The number of ether oxygens (including phenoxy) is 2. The quantitative estimate of drug-likeness (QED) is 0.0908. The van der Waals surface area contributed by atoms with Crippen molar-refractivity contribution in [2.24, 2.45) is 10.2 Å². The minimum Gasteiger partial charge on any atom is -0.464 e. The van der Waals surface area contributed by atoms with E-state index in [2.05, 4.69) is 52.1 Å². The van der Waals surface area contributed by atoms with Crippen molar-refractivity contribution in [3.63, 3.8) is 0 Å². The van der Waals surface area contributed by atoms with E-state index in [-0.39, 0.29) is 40.4 Å². The molecule has 0 radical (unpaired) electrons. The second-order valence-corrected chi connectivity index (χ2v) is 11.7. The summed E-state index contributed by atoms with van der Waals surface area (Å²) in [4.78, 5) is 43.7. The van der Waals surface area contributed by atoms with E-state index >= 15 is 0 Å². The minimum absolute atomic E-state index is 0.173. The van der Waals surface area contributed by atoms with Crippen LogP contribution in [-0.2, 0) is 19.1 Å². The van der Waals surface area contributed by atoms with Gasteiger partial charge in [-0.3, -0.25) is 14.4 Å². The number of H-pyrrole nitrogens is 1. The van der Waals surface area contributed by atoms with Gasteiger partial charge in [0.1, 0.15) is 24.7 Å². The predicted octanol–water partition coefficient (Wildman–Crippen LogP) is 7.50. The zero-order valence-corrected chi connectivity index (χ0v) is 27.2. The first-order chi connectivity index (χ1) is 20.6. The summed E-state index contributed by atoms with van der Waals surface area (Å²) in [5, 5.41) is 9.55. The highest BCUT2D eigenvalue weighted by molar-refractivity contribution is 9.12. The van der Waals surface area contributed by atoms with Gasteiger partial charge >= 0.3 is 11.9 Å². The first kappa shape index (κ1) is 32.3. The number of alkyl halides is 2. The molecule has 0 bridgehead atoms. The summed E-state index contributed by atoms with van der Waals surface area (Å²) in [5.41, 5.74) is 3.23. The summed E-state index contributed by atoms with van der Waals surface area (Å²) < 4.78 is 10.1. The predicted molar refractivity (Wildman–Crippen MR) is 173 cm³/mol. The minimum atomic E-state index is -0.376. The second-order valence-electron chi connectivity index (χ2n) is 9.37. The number of aromatic nitrogens is 2. The Kier molecular flexibility index (Phi) is 11.4. The highest BCUT2D eigenvalue weighted by atomic mass is 79.9. The molecule has 4 aromatic rings. The Morgan fingerprint density at radius 2 is 1.58 bits per heavy atom. The Morgan fingerprint density at radius 3 is 2.21 bits per heavy atom. The number of hydrogen-bond acceptors (Lipinski definition) is 9. The molecule has 43 heavy (non-hydrogen) atoms. The molecule has 3 aromatic carbocycles. The molecule has 0 aliphatic carbocycles. The van der Waals surface area contributed by atoms with E-state index in [9.17, 15) is 14.4 Å². The van der Waals surface area contributed by atoms with Crippen LogP contribution in [0.15, 0.2) is 81.8 Å². The Morgan fingerprint density at radius 1 is 0.930 bits per heavy atom. The number of carbonyl (C=O) groups is 2. The number of fused-ring (bicyclic) bond motifs is 1. The Labute approximate surface area is 269 Å². The number of rotatable bonds is 12. The number of aromatic amines is 1. The van der Waals surface area contributed by atoms with Gasteiger partial charge in [-0.25, -0.2) is 4.98 Å². The van der Waals surface area contributed by atoms with E-state index in [0.29, 0.717) is 46.2 Å². The topological polar surface area (TPSA) is 126 Å². The van der Waals surface area contributed by atoms with Crippen LogP contribution in [0.25, 0.3) is 10.9 Å². The van der Waals surface area contributed by atoms with Gasteiger partial charge in [-0.05, 0) is 48.0 Å². The van der Waals surface area contributed by atoms with Gasteiger partial charge in [-0.1, -0.05) is 67.7 Å². The van der Waals surface area contributed by atoms with Crippen molar-refractivity contribution in [3.8, 4) is 0 Å². The largest absolute Gasteiger partial charge is 0.464 e. The summed E-state index contributed by atoms with van der Waals surface area (Å²) >= 11 is 13.9. The molecule has 1 aromatic heterocycles. The monoisotopic (exact) mass is 731 g/mol. The van der Waals surface area contributed by atoms with E-state index in [4.69, 9.17) is 21.1 Å². The smallest absolute Gasteiger partial charge is 0.302 e. The molecule has 1 N–H and O–H groups in total. The maximum absolute atomic E-state index is 12.5. The summed E-state index contributed by atoms with van der Waals surface area (Å²) in [7, 11) is 0. The summed E-state index contributed by atoms with van der Waals surface area (Å²) in [6.07, 6.45) is 0. The first-order valence-electron chi connectivity index (χ1n) is 13.2. The maximum Gasteiger partial charge on any atom is 0.302 e. The lowest BCUT2D eigenvalue weighted by Gasteiger charge is -2.24. The molecule has 2 unspecified atom stereocenters. The van der Waals surface area contributed by atoms with E-state index in [1.165, 1.54) is 13.8 Å². The molecule has 4 rings (SSSR count). The molecular weight excluding hydrogens is 706 g/mol. The van der Waals surface area contributed by atoms with Crippen LogP contribution in [-0.4, -0.2) is 48.2 Å². The Bertz CT molecular complexity index is 1660. The number of anilines is 1. The highest BCUT2D eigenvalue weighted by Gasteiger charge is 2.23. The van der Waals surface area contributed by atoms with Gasteiger partial charge in [0.05, 0.1) is 44.4 Å². The Balaban J connectivity index is 1.43. The third-order valence-electron chi connectivity index (χ3n) is 6.26. The van der Waals surface area contributed by atoms with Gasteiger partial charge in [0.25, 0.3) is 5.56 Å². The molecule has 1 heterocycles. The lowest BCUT2D eigenvalue weighted by Crippen LogP contribution is -2.31. The number of benzene rings is 3. The number of halogens is 3. The number of hydrogen-bond donors (Lipinski definition) is 1. The fraction of sp³-hybridized carbons (Fsp3) is 0.267. The molecule has 0 aliphatic heterocycles. The normalized spacial score (nSPS) is 12.7. The fourth-order valence-electron chi connectivity index (χ4n) is 4.12. The lowest BCUT2D eigenvalue weighted by atomic mass is 10.1. The summed E-state index contributed by atoms with van der Waals surface area (Å²) in [6.45, 7) is 3.81. The maximum atomic E-state index is 12.5. The highest BCUT2D eigenvalue weighted by Crippen LogP contribution is 2.41. The van der Waals surface area contributed by atoms with E-state index < -0.39 is 0 Å². The van der Waals surface area contributed by atoms with Crippen LogP contribution in [0.1, 0.15) is 34.9 Å².